The number of nitrogens with zero attached hydrogens (tertiary/aromatic N) is 3. The standard InChI is InChI=1S/C22H28N4O/c27-22(23-19-11-5-2-6-12-19)18-10-7-15-26(16-18)21-14-13-20(24-25-21)17-8-3-1-4-9-17/h1,3-4,8-9,13-14,18-19H,2,5-7,10-12,15-16H2,(H,23,27). The maximum Gasteiger partial charge on any atom is 0.225 e. The van der Waals surface area contributed by atoms with Gasteiger partial charge in [0.25, 0.3) is 0 Å². The van der Waals surface area contributed by atoms with E-state index in [1.165, 1.54) is 19.3 Å². The lowest BCUT2D eigenvalue weighted by atomic mass is 9.93. The van der Waals surface area contributed by atoms with Crippen LogP contribution in [0.15, 0.2) is 42.5 Å². The number of nitrogens with one attached hydrogen (secondary N) is 1. The Kier molecular flexibility index (Phi) is 5.66. The van der Waals surface area contributed by atoms with Crippen molar-refractivity contribution in [2.24, 2.45) is 5.92 Å². The zero-order chi connectivity index (χ0) is 18.5. The van der Waals surface area contributed by atoms with Crippen molar-refractivity contribution in [3.05, 3.63) is 42.5 Å². The number of amides is 1. The summed E-state index contributed by atoms with van der Waals surface area (Å²) in [6, 6.07) is 14.5. The van der Waals surface area contributed by atoms with Crippen LogP contribution in [-0.2, 0) is 4.79 Å². The Morgan fingerprint density at radius 1 is 0.926 bits per heavy atom. The highest BCUT2D eigenvalue weighted by Gasteiger charge is 2.28. The quantitative estimate of drug-likeness (QED) is 0.896. The fourth-order valence-corrected chi connectivity index (χ4v) is 4.22. The molecule has 4 rings (SSSR count). The van der Waals surface area contributed by atoms with Gasteiger partial charge in [0.05, 0.1) is 11.6 Å². The topological polar surface area (TPSA) is 58.1 Å². The van der Waals surface area contributed by atoms with Crippen LogP contribution in [0.25, 0.3) is 11.3 Å². The summed E-state index contributed by atoms with van der Waals surface area (Å²) >= 11 is 0. The molecular weight excluding hydrogens is 336 g/mol. The molecule has 142 valence electrons. The van der Waals surface area contributed by atoms with Crippen molar-refractivity contribution in [3.63, 3.8) is 0 Å². The molecule has 1 unspecified atom stereocenters. The molecule has 1 aromatic heterocycles. The van der Waals surface area contributed by atoms with Crippen molar-refractivity contribution in [1.82, 2.24) is 15.5 Å². The summed E-state index contributed by atoms with van der Waals surface area (Å²) in [7, 11) is 0. The first kappa shape index (κ1) is 18.0. The average molecular weight is 364 g/mol. The van der Waals surface area contributed by atoms with Crippen molar-refractivity contribution in [1.29, 1.82) is 0 Å². The molecule has 5 heteroatoms. The van der Waals surface area contributed by atoms with E-state index in [1.807, 2.05) is 42.5 Å². The van der Waals surface area contributed by atoms with E-state index in [-0.39, 0.29) is 11.8 Å². The maximum absolute atomic E-state index is 12.7. The fraction of sp³-hybridized carbons (Fsp3) is 0.500. The van der Waals surface area contributed by atoms with Crippen LogP contribution in [-0.4, -0.2) is 35.2 Å². The van der Waals surface area contributed by atoms with Crippen molar-refractivity contribution in [2.45, 2.75) is 51.0 Å². The normalized spacial score (nSPS) is 21.0. The van der Waals surface area contributed by atoms with Gasteiger partial charge in [-0.25, -0.2) is 0 Å². The minimum Gasteiger partial charge on any atom is -0.354 e. The van der Waals surface area contributed by atoms with E-state index < -0.39 is 0 Å². The third kappa shape index (κ3) is 4.46. The highest BCUT2D eigenvalue weighted by atomic mass is 16.2. The van der Waals surface area contributed by atoms with Gasteiger partial charge in [-0.2, -0.15) is 0 Å². The van der Waals surface area contributed by atoms with Gasteiger partial charge in [-0.05, 0) is 37.8 Å². The Bertz CT molecular complexity index is 741. The van der Waals surface area contributed by atoms with E-state index in [0.717, 1.165) is 55.8 Å². The SMILES string of the molecule is O=C(NC1CCCCC1)C1CCCN(c2ccc(-c3ccccc3)nn2)C1. The summed E-state index contributed by atoms with van der Waals surface area (Å²) in [4.78, 5) is 14.9. The maximum atomic E-state index is 12.7. The van der Waals surface area contributed by atoms with E-state index in [4.69, 9.17) is 0 Å². The predicted molar refractivity (Wildman–Crippen MR) is 107 cm³/mol. The van der Waals surface area contributed by atoms with Gasteiger partial charge in [0, 0.05) is 24.7 Å². The number of hydrogen-bond donors (Lipinski definition) is 1. The minimum absolute atomic E-state index is 0.0521. The van der Waals surface area contributed by atoms with Crippen molar-refractivity contribution in [2.75, 3.05) is 18.0 Å². The lowest BCUT2D eigenvalue weighted by Crippen LogP contribution is -2.46. The highest BCUT2D eigenvalue weighted by Crippen LogP contribution is 2.24. The first-order valence-electron chi connectivity index (χ1n) is 10.2. The summed E-state index contributed by atoms with van der Waals surface area (Å²) in [5.41, 5.74) is 1.95. The smallest absolute Gasteiger partial charge is 0.225 e. The largest absolute Gasteiger partial charge is 0.354 e. The molecule has 1 saturated carbocycles. The van der Waals surface area contributed by atoms with Gasteiger partial charge in [-0.3, -0.25) is 4.79 Å². The summed E-state index contributed by atoms with van der Waals surface area (Å²) in [6.07, 6.45) is 8.04. The summed E-state index contributed by atoms with van der Waals surface area (Å²) < 4.78 is 0. The average Bonchev–Trinajstić information content (AvgIpc) is 2.75. The second-order valence-corrected chi connectivity index (χ2v) is 7.77. The minimum atomic E-state index is 0.0521. The van der Waals surface area contributed by atoms with Crippen LogP contribution in [0.5, 0.6) is 0 Å². The van der Waals surface area contributed by atoms with Gasteiger partial charge < -0.3 is 10.2 Å². The van der Waals surface area contributed by atoms with Gasteiger partial charge >= 0.3 is 0 Å². The molecule has 1 amide bonds. The van der Waals surface area contributed by atoms with Crippen LogP contribution in [0.4, 0.5) is 5.82 Å². The number of hydrogen-bond acceptors (Lipinski definition) is 4. The summed E-state index contributed by atoms with van der Waals surface area (Å²) in [6.45, 7) is 1.67. The van der Waals surface area contributed by atoms with E-state index in [1.54, 1.807) is 0 Å². The Morgan fingerprint density at radius 3 is 2.48 bits per heavy atom. The van der Waals surface area contributed by atoms with Gasteiger partial charge in [0.2, 0.25) is 5.91 Å². The highest BCUT2D eigenvalue weighted by molar-refractivity contribution is 5.79. The summed E-state index contributed by atoms with van der Waals surface area (Å²) in [5, 5.41) is 12.1. The van der Waals surface area contributed by atoms with Gasteiger partial charge in [0.15, 0.2) is 5.82 Å². The molecular formula is C22H28N4O. The molecule has 2 aliphatic rings. The molecule has 0 radical (unpaired) electrons. The Balaban J connectivity index is 1.38. The zero-order valence-corrected chi connectivity index (χ0v) is 15.8. The predicted octanol–water partition coefficient (Wildman–Crippen LogP) is 3.81. The number of carbonyl (C=O) groups is 1. The van der Waals surface area contributed by atoms with Gasteiger partial charge in [-0.15, -0.1) is 10.2 Å². The number of benzene rings is 1. The first-order valence-corrected chi connectivity index (χ1v) is 10.2. The second-order valence-electron chi connectivity index (χ2n) is 7.77. The van der Waals surface area contributed by atoms with Crippen molar-refractivity contribution < 1.29 is 4.79 Å². The van der Waals surface area contributed by atoms with Gasteiger partial charge in [0.1, 0.15) is 0 Å². The number of rotatable bonds is 4. The monoisotopic (exact) mass is 364 g/mol. The van der Waals surface area contributed by atoms with Crippen LogP contribution in [0.1, 0.15) is 44.9 Å². The van der Waals surface area contributed by atoms with E-state index >= 15 is 0 Å². The molecule has 5 nitrogen and oxygen atoms in total. The number of carbonyl (C=O) groups excluding carboxylic acids is 1. The molecule has 27 heavy (non-hydrogen) atoms. The molecule has 1 saturated heterocycles. The molecule has 1 aliphatic carbocycles. The molecule has 1 atom stereocenters. The van der Waals surface area contributed by atoms with Crippen LogP contribution in [0.3, 0.4) is 0 Å². The number of anilines is 1. The molecule has 1 aromatic carbocycles. The third-order valence-electron chi connectivity index (χ3n) is 5.79. The van der Waals surface area contributed by atoms with Crippen molar-refractivity contribution in [3.8, 4) is 11.3 Å². The van der Waals surface area contributed by atoms with Crippen LogP contribution in [0.2, 0.25) is 0 Å². The number of piperidine rings is 1. The van der Waals surface area contributed by atoms with Crippen LogP contribution >= 0.6 is 0 Å². The van der Waals surface area contributed by atoms with Crippen molar-refractivity contribution >= 4 is 11.7 Å². The lowest BCUT2D eigenvalue weighted by Gasteiger charge is -2.34. The lowest BCUT2D eigenvalue weighted by molar-refractivity contribution is -0.126. The summed E-state index contributed by atoms with van der Waals surface area (Å²) in [5.74, 6) is 1.14. The Hall–Kier alpha value is -2.43. The van der Waals surface area contributed by atoms with E-state index in [0.29, 0.717) is 6.04 Å². The fourth-order valence-electron chi connectivity index (χ4n) is 4.22. The molecule has 2 fully saturated rings. The molecule has 0 spiro atoms. The Labute approximate surface area is 161 Å². The molecule has 2 heterocycles. The van der Waals surface area contributed by atoms with Gasteiger partial charge in [-0.1, -0.05) is 49.6 Å². The van der Waals surface area contributed by atoms with E-state index in [2.05, 4.69) is 20.4 Å². The van der Waals surface area contributed by atoms with E-state index in [9.17, 15) is 4.79 Å². The molecule has 2 aromatic rings. The molecule has 1 aliphatic heterocycles. The second kappa shape index (κ2) is 8.51. The third-order valence-corrected chi connectivity index (χ3v) is 5.79. The molecule has 1 N–H and O–H groups in total. The Morgan fingerprint density at radius 2 is 1.74 bits per heavy atom. The first-order chi connectivity index (χ1) is 13.3. The van der Waals surface area contributed by atoms with Crippen LogP contribution < -0.4 is 10.2 Å². The zero-order valence-electron chi connectivity index (χ0n) is 15.8. The number of aromatic nitrogens is 2. The molecule has 0 bridgehead atoms. The van der Waals surface area contributed by atoms with Crippen LogP contribution in [0, 0.1) is 5.92 Å².